The first-order valence-corrected chi connectivity index (χ1v) is 9.07. The molecule has 140 valence electrons. The molecular weight excluding hydrogens is 371 g/mol. The first kappa shape index (κ1) is 18.2. The lowest BCUT2D eigenvalue weighted by atomic mass is 9.74. The molecule has 4 rings (SSSR count). The van der Waals surface area contributed by atoms with Gasteiger partial charge in [-0.15, -0.1) is 0 Å². The van der Waals surface area contributed by atoms with E-state index in [0.29, 0.717) is 16.2 Å². The van der Waals surface area contributed by atoms with E-state index in [2.05, 4.69) is 0 Å². The van der Waals surface area contributed by atoms with Gasteiger partial charge >= 0.3 is 0 Å². The highest BCUT2D eigenvalue weighted by atomic mass is 35.5. The maximum atomic E-state index is 13.9. The van der Waals surface area contributed by atoms with E-state index in [9.17, 15) is 9.18 Å². The first-order chi connectivity index (χ1) is 12.9. The predicted octanol–water partition coefficient (Wildman–Crippen LogP) is 4.66. The summed E-state index contributed by atoms with van der Waals surface area (Å²) < 4.78 is 32.2. The Hall–Kier alpha value is -2.21. The lowest BCUT2D eigenvalue weighted by Crippen LogP contribution is -2.65. The van der Waals surface area contributed by atoms with Gasteiger partial charge in [0.15, 0.2) is 0 Å². The molecule has 0 aliphatic carbocycles. The van der Waals surface area contributed by atoms with Crippen molar-refractivity contribution < 1.29 is 23.4 Å². The quantitative estimate of drug-likeness (QED) is 0.717. The zero-order chi connectivity index (χ0) is 19.2. The van der Waals surface area contributed by atoms with Crippen molar-refractivity contribution >= 4 is 17.4 Å². The van der Waals surface area contributed by atoms with E-state index in [1.165, 1.54) is 18.2 Å². The van der Waals surface area contributed by atoms with Crippen LogP contribution in [0.1, 0.15) is 29.8 Å². The largest absolute Gasteiger partial charge is 0.453 e. The van der Waals surface area contributed by atoms with Gasteiger partial charge in [0.2, 0.25) is 11.4 Å². The summed E-state index contributed by atoms with van der Waals surface area (Å²) in [7, 11) is 0. The average molecular weight is 389 g/mol. The van der Waals surface area contributed by atoms with Crippen LogP contribution in [0.15, 0.2) is 54.1 Å². The Morgan fingerprint density at radius 1 is 1.22 bits per heavy atom. The van der Waals surface area contributed by atoms with Crippen LogP contribution in [-0.4, -0.2) is 24.6 Å². The molecule has 2 unspecified atom stereocenters. The van der Waals surface area contributed by atoms with Gasteiger partial charge in [-0.3, -0.25) is 4.79 Å². The maximum Gasteiger partial charge on any atom is 0.278 e. The number of benzene rings is 2. The molecule has 1 spiro atoms. The van der Waals surface area contributed by atoms with Crippen LogP contribution < -0.4 is 4.74 Å². The smallest absolute Gasteiger partial charge is 0.278 e. The molecule has 2 heterocycles. The van der Waals surface area contributed by atoms with Gasteiger partial charge < -0.3 is 14.2 Å². The first-order valence-electron chi connectivity index (χ1n) is 8.69. The highest BCUT2D eigenvalue weighted by molar-refractivity contribution is 6.30. The molecule has 2 atom stereocenters. The lowest BCUT2D eigenvalue weighted by Gasteiger charge is -2.49. The Bertz CT molecular complexity index is 940. The minimum atomic E-state index is -1.60. The van der Waals surface area contributed by atoms with Crippen molar-refractivity contribution in [3.05, 3.63) is 76.1 Å². The van der Waals surface area contributed by atoms with Crippen LogP contribution in [-0.2, 0) is 15.3 Å². The molecule has 0 aromatic heterocycles. The zero-order valence-electron chi connectivity index (χ0n) is 14.9. The van der Waals surface area contributed by atoms with Crippen LogP contribution in [0.3, 0.4) is 0 Å². The fraction of sp³-hybridized carbons (Fsp3) is 0.286. The minimum Gasteiger partial charge on any atom is -0.453 e. The molecule has 0 saturated heterocycles. The summed E-state index contributed by atoms with van der Waals surface area (Å²) in [5, 5.41) is 0.535. The number of carbonyl (C=O) groups excluding carboxylic acids is 1. The SMILES string of the molecule is CCOC1(c2ccc(Cl)cc2)Oc2cc(F)ccc2C(=O)C12OCC=C2C. The molecule has 0 radical (unpaired) electrons. The van der Waals surface area contributed by atoms with Gasteiger partial charge in [0.25, 0.3) is 5.79 Å². The third-order valence-corrected chi connectivity index (χ3v) is 5.29. The Balaban J connectivity index is 2.03. The average Bonchev–Trinajstić information content (AvgIpc) is 3.03. The molecule has 0 saturated carbocycles. The van der Waals surface area contributed by atoms with Gasteiger partial charge in [-0.25, -0.2) is 4.39 Å². The summed E-state index contributed by atoms with van der Waals surface area (Å²) in [5.41, 5.74) is 0.00895. The van der Waals surface area contributed by atoms with E-state index in [4.69, 9.17) is 25.8 Å². The number of ether oxygens (including phenoxy) is 3. The molecule has 0 bridgehead atoms. The number of ketones is 1. The summed E-state index contributed by atoms with van der Waals surface area (Å²) in [6.45, 7) is 4.11. The molecule has 0 amide bonds. The molecule has 27 heavy (non-hydrogen) atoms. The molecule has 0 N–H and O–H groups in total. The van der Waals surface area contributed by atoms with Crippen LogP contribution in [0.4, 0.5) is 4.39 Å². The van der Waals surface area contributed by atoms with Crippen LogP contribution in [0.25, 0.3) is 0 Å². The number of Topliss-reactive ketones (excluding diaryl/α,β-unsaturated/α-hetero) is 1. The summed E-state index contributed by atoms with van der Waals surface area (Å²) in [5.74, 6) is -2.30. The fourth-order valence-corrected chi connectivity index (χ4v) is 3.96. The number of hydrogen-bond donors (Lipinski definition) is 0. The Kier molecular flexibility index (Phi) is 4.34. The second-order valence-electron chi connectivity index (χ2n) is 6.51. The molecular formula is C21H18ClFO4. The molecule has 4 nitrogen and oxygen atoms in total. The molecule has 2 aromatic carbocycles. The number of halogens is 2. The van der Waals surface area contributed by atoms with Crippen LogP contribution in [0.2, 0.25) is 5.02 Å². The summed E-state index contributed by atoms with van der Waals surface area (Å²) in [4.78, 5) is 13.6. The van der Waals surface area contributed by atoms with Crippen molar-refractivity contribution in [2.45, 2.75) is 25.2 Å². The van der Waals surface area contributed by atoms with E-state index < -0.39 is 17.2 Å². The van der Waals surface area contributed by atoms with Gasteiger partial charge in [0.05, 0.1) is 12.2 Å². The highest BCUT2D eigenvalue weighted by Gasteiger charge is 2.67. The molecule has 6 heteroatoms. The Labute approximate surface area is 161 Å². The third kappa shape index (κ3) is 2.46. The molecule has 2 aliphatic rings. The number of fused-ring (bicyclic) bond motifs is 1. The van der Waals surface area contributed by atoms with Crippen molar-refractivity contribution in [2.24, 2.45) is 0 Å². The monoisotopic (exact) mass is 388 g/mol. The number of carbonyl (C=O) groups is 1. The molecule has 2 aliphatic heterocycles. The Morgan fingerprint density at radius 3 is 2.59 bits per heavy atom. The maximum absolute atomic E-state index is 13.9. The van der Waals surface area contributed by atoms with E-state index in [1.54, 1.807) is 31.2 Å². The van der Waals surface area contributed by atoms with E-state index in [0.717, 1.165) is 0 Å². The van der Waals surface area contributed by atoms with Crippen molar-refractivity contribution in [1.82, 2.24) is 0 Å². The topological polar surface area (TPSA) is 44.8 Å². The molecule has 0 fully saturated rings. The van der Waals surface area contributed by atoms with E-state index in [-0.39, 0.29) is 30.3 Å². The van der Waals surface area contributed by atoms with Crippen molar-refractivity contribution in [3.8, 4) is 5.75 Å². The van der Waals surface area contributed by atoms with Crippen molar-refractivity contribution in [3.63, 3.8) is 0 Å². The predicted molar refractivity (Wildman–Crippen MR) is 98.6 cm³/mol. The molecule has 2 aromatic rings. The van der Waals surface area contributed by atoms with Crippen LogP contribution in [0, 0.1) is 5.82 Å². The van der Waals surface area contributed by atoms with Gasteiger partial charge in [-0.1, -0.05) is 29.8 Å². The second kappa shape index (κ2) is 6.44. The van der Waals surface area contributed by atoms with Gasteiger partial charge in [0, 0.05) is 23.3 Å². The van der Waals surface area contributed by atoms with Gasteiger partial charge in [-0.2, -0.15) is 0 Å². The van der Waals surface area contributed by atoms with Crippen LogP contribution in [0.5, 0.6) is 5.75 Å². The number of rotatable bonds is 3. The van der Waals surface area contributed by atoms with E-state index in [1.807, 2.05) is 13.0 Å². The summed E-state index contributed by atoms with van der Waals surface area (Å²) in [6.07, 6.45) is 1.83. The third-order valence-electron chi connectivity index (χ3n) is 5.04. The normalized spacial score (nSPS) is 26.7. The fourth-order valence-electron chi connectivity index (χ4n) is 3.83. The van der Waals surface area contributed by atoms with Crippen molar-refractivity contribution in [1.29, 1.82) is 0 Å². The highest BCUT2D eigenvalue weighted by Crippen LogP contribution is 2.53. The van der Waals surface area contributed by atoms with Gasteiger partial charge in [0.1, 0.15) is 11.6 Å². The standard InChI is InChI=1S/C21H18ClFO4/c1-3-25-21(14-4-6-15(22)7-5-14)20(13(2)10-11-26-20)19(24)17-9-8-16(23)12-18(17)27-21/h4-10,12H,3,11H2,1-2H3. The van der Waals surface area contributed by atoms with Crippen LogP contribution >= 0.6 is 11.6 Å². The minimum absolute atomic E-state index is 0.123. The zero-order valence-corrected chi connectivity index (χ0v) is 15.7. The van der Waals surface area contributed by atoms with Gasteiger partial charge in [-0.05, 0) is 43.7 Å². The van der Waals surface area contributed by atoms with Crippen molar-refractivity contribution in [2.75, 3.05) is 13.2 Å². The second-order valence-corrected chi connectivity index (χ2v) is 6.94. The van der Waals surface area contributed by atoms with E-state index >= 15 is 0 Å². The summed E-state index contributed by atoms with van der Waals surface area (Å²) in [6, 6.07) is 10.7. The lowest BCUT2D eigenvalue weighted by molar-refractivity contribution is -0.271. The number of hydrogen-bond acceptors (Lipinski definition) is 4. The Morgan fingerprint density at radius 2 is 1.96 bits per heavy atom. The summed E-state index contributed by atoms with van der Waals surface area (Å²) >= 11 is 6.04.